The number of benzene rings is 1. The highest BCUT2D eigenvalue weighted by molar-refractivity contribution is 5.65. The lowest BCUT2D eigenvalue weighted by atomic mass is 9.85. The molecule has 1 saturated carbocycles. The van der Waals surface area contributed by atoms with Gasteiger partial charge < -0.3 is 10.2 Å². The van der Waals surface area contributed by atoms with Gasteiger partial charge in [-0.25, -0.2) is 4.79 Å². The van der Waals surface area contributed by atoms with Crippen LogP contribution in [0.2, 0.25) is 0 Å². The first-order valence-electron chi connectivity index (χ1n) is 8.76. The first-order valence-corrected chi connectivity index (χ1v) is 8.76. The van der Waals surface area contributed by atoms with E-state index < -0.39 is 12.2 Å². The first-order chi connectivity index (χ1) is 11.0. The Balaban J connectivity index is 2.23. The third-order valence-electron chi connectivity index (χ3n) is 5.26. The van der Waals surface area contributed by atoms with E-state index in [1.165, 1.54) is 4.90 Å². The molecule has 4 heteroatoms. The molecule has 0 radical (unpaired) electrons. The van der Waals surface area contributed by atoms with Crippen LogP contribution >= 0.6 is 0 Å². The van der Waals surface area contributed by atoms with Crippen LogP contribution in [0.5, 0.6) is 0 Å². The maximum Gasteiger partial charge on any atom is 0.407 e. The van der Waals surface area contributed by atoms with Gasteiger partial charge in [0.1, 0.15) is 0 Å². The van der Waals surface area contributed by atoms with E-state index in [0.717, 1.165) is 37.7 Å². The zero-order chi connectivity index (χ0) is 16.8. The predicted molar refractivity (Wildman–Crippen MR) is 91.2 cm³/mol. The summed E-state index contributed by atoms with van der Waals surface area (Å²) in [5, 5.41) is 20.7. The van der Waals surface area contributed by atoms with Crippen molar-refractivity contribution in [1.82, 2.24) is 4.90 Å². The smallest absolute Gasteiger partial charge is 0.407 e. The lowest BCUT2D eigenvalue weighted by Gasteiger charge is -2.39. The van der Waals surface area contributed by atoms with Gasteiger partial charge in [0.05, 0.1) is 12.1 Å². The van der Waals surface area contributed by atoms with E-state index in [1.807, 2.05) is 37.3 Å². The van der Waals surface area contributed by atoms with Crippen LogP contribution < -0.4 is 0 Å². The van der Waals surface area contributed by atoms with Crippen LogP contribution in [0.3, 0.4) is 0 Å². The van der Waals surface area contributed by atoms with Gasteiger partial charge in [-0.15, -0.1) is 0 Å². The molecule has 1 aliphatic carbocycles. The molecular formula is C19H29NO3. The summed E-state index contributed by atoms with van der Waals surface area (Å²) < 4.78 is 0. The molecule has 23 heavy (non-hydrogen) atoms. The van der Waals surface area contributed by atoms with E-state index in [0.29, 0.717) is 6.54 Å². The fourth-order valence-electron chi connectivity index (χ4n) is 3.73. The van der Waals surface area contributed by atoms with E-state index >= 15 is 0 Å². The third kappa shape index (κ3) is 4.47. The Morgan fingerprint density at radius 2 is 1.87 bits per heavy atom. The molecule has 4 nitrogen and oxygen atoms in total. The molecule has 0 aromatic heterocycles. The van der Waals surface area contributed by atoms with Crippen molar-refractivity contribution in [2.75, 3.05) is 0 Å². The average molecular weight is 319 g/mol. The van der Waals surface area contributed by atoms with Gasteiger partial charge in [0, 0.05) is 6.54 Å². The summed E-state index contributed by atoms with van der Waals surface area (Å²) in [5.41, 5.74) is 0.960. The Morgan fingerprint density at radius 1 is 1.26 bits per heavy atom. The van der Waals surface area contributed by atoms with Crippen molar-refractivity contribution < 1.29 is 15.0 Å². The number of aliphatic hydroxyl groups excluding tert-OH is 1. The highest BCUT2D eigenvalue weighted by Gasteiger charge is 2.38. The number of rotatable bonds is 7. The Labute approximate surface area is 139 Å². The molecule has 0 heterocycles. The standard InChI is InChI=1S/C19H29NO3/c1-3-14(2)17(18(21)16-11-7-8-12-16)20(19(22)23)13-15-9-5-4-6-10-15/h4-6,9-10,14,16-18,21H,3,7-8,11-13H2,1-2H3,(H,22,23). The van der Waals surface area contributed by atoms with Gasteiger partial charge >= 0.3 is 6.09 Å². The molecule has 0 aliphatic heterocycles. The molecule has 1 amide bonds. The zero-order valence-electron chi connectivity index (χ0n) is 14.2. The van der Waals surface area contributed by atoms with Crippen LogP contribution in [-0.2, 0) is 6.54 Å². The van der Waals surface area contributed by atoms with Crippen LogP contribution in [0, 0.1) is 11.8 Å². The number of aliphatic hydroxyl groups is 1. The molecule has 0 spiro atoms. The van der Waals surface area contributed by atoms with E-state index in [4.69, 9.17) is 0 Å². The van der Waals surface area contributed by atoms with E-state index in [1.54, 1.807) is 0 Å². The van der Waals surface area contributed by atoms with Gasteiger partial charge in [0.15, 0.2) is 0 Å². The topological polar surface area (TPSA) is 60.8 Å². The van der Waals surface area contributed by atoms with Crippen LogP contribution in [-0.4, -0.2) is 33.4 Å². The highest BCUT2D eigenvalue weighted by Crippen LogP contribution is 2.33. The van der Waals surface area contributed by atoms with Gasteiger partial charge in [-0.2, -0.15) is 0 Å². The molecule has 0 saturated heterocycles. The Morgan fingerprint density at radius 3 is 2.39 bits per heavy atom. The summed E-state index contributed by atoms with van der Waals surface area (Å²) in [6, 6.07) is 9.29. The van der Waals surface area contributed by atoms with Crippen LogP contribution in [0.15, 0.2) is 30.3 Å². The summed E-state index contributed by atoms with van der Waals surface area (Å²) in [6.07, 6.45) is 3.62. The summed E-state index contributed by atoms with van der Waals surface area (Å²) in [7, 11) is 0. The number of carboxylic acid groups (broad SMARTS) is 1. The molecule has 128 valence electrons. The van der Waals surface area contributed by atoms with Gasteiger partial charge in [0.25, 0.3) is 0 Å². The molecule has 1 aliphatic rings. The summed E-state index contributed by atoms with van der Waals surface area (Å²) in [6.45, 7) is 4.43. The van der Waals surface area contributed by atoms with E-state index in [-0.39, 0.29) is 17.9 Å². The number of nitrogens with zero attached hydrogens (tertiary/aromatic N) is 1. The number of hydrogen-bond donors (Lipinski definition) is 2. The maximum atomic E-state index is 11.9. The second-order valence-electron chi connectivity index (χ2n) is 6.81. The van der Waals surface area contributed by atoms with Crippen LogP contribution in [0.4, 0.5) is 4.79 Å². The molecule has 3 atom stereocenters. The highest BCUT2D eigenvalue weighted by atomic mass is 16.4. The molecule has 1 aromatic carbocycles. The fourth-order valence-corrected chi connectivity index (χ4v) is 3.73. The van der Waals surface area contributed by atoms with Crippen LogP contribution in [0.1, 0.15) is 51.5 Å². The Kier molecular flexibility index (Phi) is 6.46. The van der Waals surface area contributed by atoms with E-state index in [9.17, 15) is 15.0 Å². The lowest BCUT2D eigenvalue weighted by Crippen LogP contribution is -2.51. The van der Waals surface area contributed by atoms with E-state index in [2.05, 4.69) is 6.92 Å². The van der Waals surface area contributed by atoms with Crippen molar-refractivity contribution in [3.63, 3.8) is 0 Å². The summed E-state index contributed by atoms with van der Waals surface area (Å²) >= 11 is 0. The summed E-state index contributed by atoms with van der Waals surface area (Å²) in [5.74, 6) is 0.358. The minimum Gasteiger partial charge on any atom is -0.465 e. The molecule has 2 N–H and O–H groups in total. The SMILES string of the molecule is CCC(C)C(C(O)C1CCCC1)N(Cc1ccccc1)C(=O)O. The minimum absolute atomic E-state index is 0.130. The zero-order valence-corrected chi connectivity index (χ0v) is 14.2. The average Bonchev–Trinajstić information content (AvgIpc) is 3.09. The Bertz CT molecular complexity index is 485. The quantitative estimate of drug-likeness (QED) is 0.794. The minimum atomic E-state index is -0.948. The third-order valence-corrected chi connectivity index (χ3v) is 5.26. The van der Waals surface area contributed by atoms with Crippen molar-refractivity contribution >= 4 is 6.09 Å². The second kappa shape index (κ2) is 8.34. The number of amides is 1. The van der Waals surface area contributed by atoms with Gasteiger partial charge in [-0.1, -0.05) is 63.4 Å². The first kappa shape index (κ1) is 17.8. The number of carbonyl (C=O) groups is 1. The monoisotopic (exact) mass is 319 g/mol. The largest absolute Gasteiger partial charge is 0.465 e. The molecule has 2 rings (SSSR count). The van der Waals surface area contributed by atoms with Crippen molar-refractivity contribution in [3.8, 4) is 0 Å². The predicted octanol–water partition coefficient (Wildman–Crippen LogP) is 4.13. The molecular weight excluding hydrogens is 290 g/mol. The van der Waals surface area contributed by atoms with Gasteiger partial charge in [0.2, 0.25) is 0 Å². The summed E-state index contributed by atoms with van der Waals surface area (Å²) in [4.78, 5) is 13.4. The van der Waals surface area contributed by atoms with Crippen molar-refractivity contribution in [3.05, 3.63) is 35.9 Å². The molecule has 0 bridgehead atoms. The Hall–Kier alpha value is -1.55. The molecule has 1 fully saturated rings. The fraction of sp³-hybridized carbons (Fsp3) is 0.632. The van der Waals surface area contributed by atoms with Gasteiger partial charge in [-0.3, -0.25) is 4.90 Å². The van der Waals surface area contributed by atoms with Crippen molar-refractivity contribution in [2.45, 2.75) is 64.6 Å². The lowest BCUT2D eigenvalue weighted by molar-refractivity contribution is -0.0109. The normalized spacial score (nSPS) is 19.3. The number of hydrogen-bond acceptors (Lipinski definition) is 2. The van der Waals surface area contributed by atoms with Crippen molar-refractivity contribution in [1.29, 1.82) is 0 Å². The van der Waals surface area contributed by atoms with Gasteiger partial charge in [-0.05, 0) is 30.2 Å². The second-order valence-corrected chi connectivity index (χ2v) is 6.81. The van der Waals surface area contributed by atoms with Crippen LogP contribution in [0.25, 0.3) is 0 Å². The maximum absolute atomic E-state index is 11.9. The molecule has 3 unspecified atom stereocenters. The van der Waals surface area contributed by atoms with Crippen molar-refractivity contribution in [2.24, 2.45) is 11.8 Å². The molecule has 1 aromatic rings.